The fraction of sp³-hybridized carbons (Fsp3) is 0.455. The molecule has 36 heavy (non-hydrogen) atoms. The van der Waals surface area contributed by atoms with Crippen LogP contribution in [0.2, 0.25) is 0 Å². The van der Waals surface area contributed by atoms with Crippen LogP contribution in [0, 0.1) is 0 Å². The first-order valence-corrected chi connectivity index (χ1v) is 11.4. The molecule has 14 heteroatoms. The monoisotopic (exact) mass is 503 g/mol. The molecule has 1 fully saturated rings. The summed E-state index contributed by atoms with van der Waals surface area (Å²) in [5.74, 6) is -1.95. The Kier molecular flexibility index (Phi) is 9.42. The van der Waals surface area contributed by atoms with Crippen LogP contribution in [-0.4, -0.2) is 103 Å². The average Bonchev–Trinajstić information content (AvgIpc) is 3.47. The number of nitrogens with one attached hydrogen (secondary N) is 4. The Morgan fingerprint density at radius 2 is 1.97 bits per heavy atom. The predicted octanol–water partition coefficient (Wildman–Crippen LogP) is -1.31. The topological polar surface area (TPSA) is 182 Å². The number of ether oxygens (including phenoxy) is 1. The lowest BCUT2D eigenvalue weighted by molar-refractivity contribution is -0.139. The Morgan fingerprint density at radius 3 is 2.67 bits per heavy atom. The molecule has 0 radical (unpaired) electrons. The van der Waals surface area contributed by atoms with Crippen molar-refractivity contribution in [1.82, 2.24) is 31.1 Å². The van der Waals surface area contributed by atoms with E-state index in [2.05, 4.69) is 26.3 Å². The van der Waals surface area contributed by atoms with E-state index in [1.807, 2.05) is 0 Å². The van der Waals surface area contributed by atoms with Crippen molar-refractivity contribution >= 4 is 35.9 Å². The van der Waals surface area contributed by atoms with Crippen LogP contribution in [0.1, 0.15) is 12.0 Å². The zero-order chi connectivity index (χ0) is 25.9. The molecule has 5 amide bonds. The summed E-state index contributed by atoms with van der Waals surface area (Å²) in [6.45, 7) is 1.15. The zero-order valence-electron chi connectivity index (χ0n) is 19.6. The molecule has 14 nitrogen and oxygen atoms in total. The van der Waals surface area contributed by atoms with Crippen molar-refractivity contribution in [1.29, 1.82) is 0 Å². The van der Waals surface area contributed by atoms with Gasteiger partial charge in [0.05, 0.1) is 6.54 Å². The molecule has 0 aromatic heterocycles. The maximum atomic E-state index is 12.5. The number of carbonyl (C=O) groups is 5. The van der Waals surface area contributed by atoms with E-state index in [1.165, 1.54) is 4.90 Å². The molecule has 2 aliphatic rings. The molecule has 5 N–H and O–H groups in total. The maximum Gasteiger partial charge on any atom is 0.408 e. The van der Waals surface area contributed by atoms with Gasteiger partial charge < -0.3 is 36.0 Å². The minimum Gasteiger partial charge on any atom is -0.480 e. The van der Waals surface area contributed by atoms with E-state index >= 15 is 0 Å². The smallest absolute Gasteiger partial charge is 0.408 e. The first-order valence-electron chi connectivity index (χ1n) is 11.4. The number of urea groups is 1. The molecule has 2 heterocycles. The molecular formula is C22H29N7O7. The number of imide groups is 1. The summed E-state index contributed by atoms with van der Waals surface area (Å²) < 4.78 is 4.99. The van der Waals surface area contributed by atoms with E-state index in [-0.39, 0.29) is 13.2 Å². The summed E-state index contributed by atoms with van der Waals surface area (Å²) in [5.41, 5.74) is 0.721. The number of nitrogens with zero attached hydrogens (tertiary/aromatic N) is 3. The fourth-order valence-corrected chi connectivity index (χ4v) is 3.44. The normalized spacial score (nSPS) is 15.7. The number of guanidine groups is 1. The molecular weight excluding hydrogens is 474 g/mol. The van der Waals surface area contributed by atoms with E-state index in [0.29, 0.717) is 32.0 Å². The van der Waals surface area contributed by atoms with Gasteiger partial charge in [0.2, 0.25) is 5.91 Å². The molecule has 2 aliphatic heterocycles. The summed E-state index contributed by atoms with van der Waals surface area (Å²) in [4.78, 5) is 66.8. The number of carbonyl (C=O) groups excluding carboxylic acids is 4. The van der Waals surface area contributed by atoms with Gasteiger partial charge in [-0.1, -0.05) is 30.3 Å². The molecule has 1 saturated heterocycles. The van der Waals surface area contributed by atoms with Crippen LogP contribution < -0.4 is 21.3 Å². The highest BCUT2D eigenvalue weighted by atomic mass is 16.5. The SMILES string of the molecule is O=C(CN1C(=O)CN(CCCNC2=NCCN2)C1=O)NCC(NC(=O)OCc1ccccc1)C(=O)O. The van der Waals surface area contributed by atoms with Gasteiger partial charge in [-0.25, -0.2) is 14.4 Å². The molecule has 0 bridgehead atoms. The molecule has 0 aliphatic carbocycles. The van der Waals surface area contributed by atoms with Gasteiger partial charge in [0.1, 0.15) is 25.7 Å². The number of hydrogen-bond acceptors (Lipinski definition) is 9. The first-order chi connectivity index (χ1) is 17.3. The number of amides is 5. The van der Waals surface area contributed by atoms with Crippen LogP contribution in [-0.2, 0) is 25.7 Å². The standard InChI is InChI=1S/C22H29N7O7/c30-17(26-11-16(19(32)33)27-21(34)36-14-15-5-2-1-3-6-15)12-29-18(31)13-28(22(29)35)10-4-7-23-20-24-8-9-25-20/h1-3,5-6,16H,4,7-14H2,(H,26,30)(H,27,34)(H,32,33)(H2,23,24,25). The molecule has 1 aromatic carbocycles. The van der Waals surface area contributed by atoms with Gasteiger partial charge >= 0.3 is 18.1 Å². The summed E-state index contributed by atoms with van der Waals surface area (Å²) in [6, 6.07) is 6.76. The number of aliphatic carboxylic acids is 1. The van der Waals surface area contributed by atoms with E-state index in [9.17, 15) is 29.1 Å². The van der Waals surface area contributed by atoms with E-state index in [1.54, 1.807) is 30.3 Å². The van der Waals surface area contributed by atoms with E-state index < -0.39 is 49.0 Å². The van der Waals surface area contributed by atoms with Crippen molar-refractivity contribution in [2.45, 2.75) is 19.1 Å². The number of hydrogen-bond donors (Lipinski definition) is 5. The third-order valence-corrected chi connectivity index (χ3v) is 5.31. The quantitative estimate of drug-likeness (QED) is 0.171. The molecule has 3 rings (SSSR count). The summed E-state index contributed by atoms with van der Waals surface area (Å²) in [7, 11) is 0. The lowest BCUT2D eigenvalue weighted by Gasteiger charge is -2.18. The minimum atomic E-state index is -1.47. The van der Waals surface area contributed by atoms with Crippen LogP contribution in [0.4, 0.5) is 9.59 Å². The van der Waals surface area contributed by atoms with E-state index in [4.69, 9.17) is 4.74 Å². The van der Waals surface area contributed by atoms with Gasteiger partial charge in [0, 0.05) is 26.2 Å². The number of carboxylic acid groups (broad SMARTS) is 1. The number of aliphatic imine (C=N–C) groups is 1. The number of carboxylic acids is 1. The van der Waals surface area contributed by atoms with Crippen molar-refractivity contribution in [2.24, 2.45) is 4.99 Å². The summed E-state index contributed by atoms with van der Waals surface area (Å²) >= 11 is 0. The molecule has 1 aromatic rings. The minimum absolute atomic E-state index is 0.0528. The average molecular weight is 504 g/mol. The second-order valence-corrected chi connectivity index (χ2v) is 8.02. The van der Waals surface area contributed by atoms with E-state index in [0.717, 1.165) is 17.0 Å². The number of alkyl carbamates (subject to hydrolysis) is 1. The van der Waals surface area contributed by atoms with Crippen molar-refractivity contribution < 1.29 is 33.8 Å². The Bertz CT molecular complexity index is 1000. The summed E-state index contributed by atoms with van der Waals surface area (Å²) in [5, 5.41) is 20.0. The van der Waals surface area contributed by atoms with Gasteiger partial charge in [0.15, 0.2) is 5.96 Å². The largest absolute Gasteiger partial charge is 0.480 e. The van der Waals surface area contributed by atoms with Crippen LogP contribution in [0.3, 0.4) is 0 Å². The highest BCUT2D eigenvalue weighted by molar-refractivity contribution is 6.04. The van der Waals surface area contributed by atoms with Crippen LogP contribution in [0.15, 0.2) is 35.3 Å². The lowest BCUT2D eigenvalue weighted by atomic mass is 10.2. The van der Waals surface area contributed by atoms with Gasteiger partial charge in [-0.3, -0.25) is 19.5 Å². The lowest BCUT2D eigenvalue weighted by Crippen LogP contribution is -2.50. The summed E-state index contributed by atoms with van der Waals surface area (Å²) in [6.07, 6.45) is -0.391. The Balaban J connectivity index is 1.38. The second kappa shape index (κ2) is 12.9. The van der Waals surface area contributed by atoms with Gasteiger partial charge in [-0.15, -0.1) is 0 Å². The van der Waals surface area contributed by atoms with Gasteiger partial charge in [-0.2, -0.15) is 0 Å². The van der Waals surface area contributed by atoms with Crippen molar-refractivity contribution in [3.8, 4) is 0 Å². The third-order valence-electron chi connectivity index (χ3n) is 5.31. The third kappa shape index (κ3) is 7.85. The van der Waals surface area contributed by atoms with Crippen molar-refractivity contribution in [3.05, 3.63) is 35.9 Å². The molecule has 1 unspecified atom stereocenters. The Morgan fingerprint density at radius 1 is 1.19 bits per heavy atom. The van der Waals surface area contributed by atoms with Crippen LogP contribution in [0.5, 0.6) is 0 Å². The van der Waals surface area contributed by atoms with Crippen molar-refractivity contribution in [3.63, 3.8) is 0 Å². The Labute approximate surface area is 207 Å². The maximum absolute atomic E-state index is 12.5. The predicted molar refractivity (Wildman–Crippen MR) is 126 cm³/mol. The highest BCUT2D eigenvalue weighted by Gasteiger charge is 2.36. The molecule has 0 spiro atoms. The highest BCUT2D eigenvalue weighted by Crippen LogP contribution is 2.10. The van der Waals surface area contributed by atoms with Gasteiger partial charge in [0.25, 0.3) is 5.91 Å². The Hall–Kier alpha value is -4.36. The second-order valence-electron chi connectivity index (χ2n) is 8.02. The fourth-order valence-electron chi connectivity index (χ4n) is 3.44. The van der Waals surface area contributed by atoms with Gasteiger partial charge in [-0.05, 0) is 12.0 Å². The molecule has 1 atom stereocenters. The zero-order valence-corrected chi connectivity index (χ0v) is 19.6. The van der Waals surface area contributed by atoms with Crippen LogP contribution in [0.25, 0.3) is 0 Å². The van der Waals surface area contributed by atoms with Crippen molar-refractivity contribution in [2.75, 3.05) is 45.8 Å². The molecule has 194 valence electrons. The molecule has 0 saturated carbocycles. The first kappa shape index (κ1) is 26.2. The number of rotatable bonds is 12. The number of benzene rings is 1. The van der Waals surface area contributed by atoms with Crippen LogP contribution >= 0.6 is 0 Å².